The molecule has 0 saturated carbocycles. The molecule has 2 amide bonds. The van der Waals surface area contributed by atoms with E-state index in [1.165, 1.54) is 23.5 Å². The maximum atomic E-state index is 13.6. The van der Waals surface area contributed by atoms with Crippen molar-refractivity contribution in [2.24, 2.45) is 5.92 Å². The van der Waals surface area contributed by atoms with E-state index < -0.39 is 46.2 Å². The summed E-state index contributed by atoms with van der Waals surface area (Å²) in [7, 11) is -4.07. The zero-order valence-corrected chi connectivity index (χ0v) is 21.5. The summed E-state index contributed by atoms with van der Waals surface area (Å²) in [6.07, 6.45) is 0.968. The lowest BCUT2D eigenvalue weighted by Gasteiger charge is -2.23. The predicted molar refractivity (Wildman–Crippen MR) is 131 cm³/mol. The first-order valence-corrected chi connectivity index (χ1v) is 13.7. The first-order valence-electron chi connectivity index (χ1n) is 11.4. The van der Waals surface area contributed by atoms with Crippen molar-refractivity contribution in [1.82, 2.24) is 14.9 Å². The molecular weight excluding hydrogens is 493 g/mol. The molecule has 2 heterocycles. The molecule has 8 nitrogen and oxygen atoms in total. The van der Waals surface area contributed by atoms with Crippen molar-refractivity contribution >= 4 is 39.0 Å². The molecule has 190 valence electrons. The standard InChI is InChI=1S/C24H30FN3O5S2/c1-15(2)12-20(27-24(31)22-10-9-16(3)34-22)23(30)26-19-8-5-11-28(14-21(19)29)35(32,33)18-7-4-6-17(25)13-18/h4,6-7,9-10,13,15,19-20H,5,8,11-12,14H2,1-3H3,(H,26,30)(H,27,31)/t19-,20?/m0/s1. The summed E-state index contributed by atoms with van der Waals surface area (Å²) in [6, 6.07) is 6.43. The number of ketones is 1. The van der Waals surface area contributed by atoms with Gasteiger partial charge in [-0.05, 0) is 62.4 Å². The van der Waals surface area contributed by atoms with E-state index in [1.54, 1.807) is 6.07 Å². The maximum absolute atomic E-state index is 13.6. The minimum Gasteiger partial charge on any atom is -0.344 e. The monoisotopic (exact) mass is 523 g/mol. The quantitative estimate of drug-likeness (QED) is 0.553. The molecule has 1 aliphatic heterocycles. The van der Waals surface area contributed by atoms with Gasteiger partial charge in [-0.15, -0.1) is 11.3 Å². The van der Waals surface area contributed by atoms with Crippen LogP contribution in [0.1, 0.15) is 47.7 Å². The molecule has 2 aromatic rings. The summed E-state index contributed by atoms with van der Waals surface area (Å²) < 4.78 is 40.4. The van der Waals surface area contributed by atoms with E-state index in [-0.39, 0.29) is 29.7 Å². The largest absolute Gasteiger partial charge is 0.344 e. The third kappa shape index (κ3) is 6.96. The number of hydrogen-bond donors (Lipinski definition) is 2. The molecule has 0 spiro atoms. The Morgan fingerprint density at radius 3 is 2.60 bits per heavy atom. The zero-order chi connectivity index (χ0) is 25.8. The van der Waals surface area contributed by atoms with Gasteiger partial charge in [0.15, 0.2) is 5.78 Å². The number of halogens is 1. The highest BCUT2D eigenvalue weighted by molar-refractivity contribution is 7.89. The van der Waals surface area contributed by atoms with Crippen molar-refractivity contribution in [3.05, 3.63) is 52.0 Å². The molecule has 1 fully saturated rings. The molecule has 1 aliphatic rings. The number of amides is 2. The fourth-order valence-electron chi connectivity index (χ4n) is 3.89. The van der Waals surface area contributed by atoms with Gasteiger partial charge in [0.25, 0.3) is 5.91 Å². The van der Waals surface area contributed by atoms with E-state index >= 15 is 0 Å². The van der Waals surface area contributed by atoms with Gasteiger partial charge in [-0.3, -0.25) is 14.4 Å². The Bertz CT molecular complexity index is 1200. The van der Waals surface area contributed by atoms with Crippen molar-refractivity contribution in [2.45, 2.75) is 57.0 Å². The average molecular weight is 524 g/mol. The first kappa shape index (κ1) is 27.0. The van der Waals surface area contributed by atoms with Crippen LogP contribution in [0.3, 0.4) is 0 Å². The summed E-state index contributed by atoms with van der Waals surface area (Å²) in [5.74, 6) is -1.89. The van der Waals surface area contributed by atoms with Gasteiger partial charge >= 0.3 is 0 Å². The molecular formula is C24H30FN3O5S2. The van der Waals surface area contributed by atoms with Gasteiger partial charge in [-0.25, -0.2) is 12.8 Å². The highest BCUT2D eigenvalue weighted by Crippen LogP contribution is 2.21. The van der Waals surface area contributed by atoms with Crippen LogP contribution in [0.4, 0.5) is 4.39 Å². The van der Waals surface area contributed by atoms with Crippen molar-refractivity contribution in [3.8, 4) is 0 Å². The fourth-order valence-corrected chi connectivity index (χ4v) is 6.14. The molecule has 2 atom stereocenters. The van der Waals surface area contributed by atoms with Crippen molar-refractivity contribution in [1.29, 1.82) is 0 Å². The lowest BCUT2D eigenvalue weighted by atomic mass is 10.0. The highest BCUT2D eigenvalue weighted by Gasteiger charge is 2.34. The Balaban J connectivity index is 1.69. The molecule has 11 heteroatoms. The molecule has 3 rings (SSSR count). The predicted octanol–water partition coefficient (Wildman–Crippen LogP) is 2.88. The summed E-state index contributed by atoms with van der Waals surface area (Å²) in [5.41, 5.74) is 0. The number of rotatable bonds is 8. The number of hydrogen-bond acceptors (Lipinski definition) is 6. The Hall–Kier alpha value is -2.63. The average Bonchev–Trinajstić information content (AvgIpc) is 3.14. The molecule has 1 unspecified atom stereocenters. The second-order valence-electron chi connectivity index (χ2n) is 9.03. The van der Waals surface area contributed by atoms with E-state index in [0.717, 1.165) is 21.3 Å². The van der Waals surface area contributed by atoms with Crippen LogP contribution >= 0.6 is 11.3 Å². The van der Waals surface area contributed by atoms with Crippen molar-refractivity contribution in [3.63, 3.8) is 0 Å². The number of aryl methyl sites for hydroxylation is 1. The number of sulfonamides is 1. The molecule has 0 bridgehead atoms. The third-order valence-electron chi connectivity index (χ3n) is 5.66. The normalized spacial score (nSPS) is 18.2. The van der Waals surface area contributed by atoms with E-state index in [0.29, 0.717) is 17.7 Å². The molecule has 0 radical (unpaired) electrons. The van der Waals surface area contributed by atoms with Crippen LogP contribution in [-0.4, -0.2) is 55.5 Å². The molecule has 1 saturated heterocycles. The minimum absolute atomic E-state index is 0.0703. The van der Waals surface area contributed by atoms with E-state index in [9.17, 15) is 27.2 Å². The minimum atomic E-state index is -4.07. The number of Topliss-reactive ketones (excluding diaryl/α,β-unsaturated/α-hetero) is 1. The number of thiophene rings is 1. The Kier molecular flexibility index (Phi) is 8.79. The van der Waals surface area contributed by atoms with Crippen LogP contribution in [-0.2, 0) is 19.6 Å². The first-order chi connectivity index (χ1) is 16.5. The van der Waals surface area contributed by atoms with Gasteiger partial charge in [-0.2, -0.15) is 4.31 Å². The second kappa shape index (κ2) is 11.4. The van der Waals surface area contributed by atoms with Crippen molar-refractivity contribution in [2.75, 3.05) is 13.1 Å². The van der Waals surface area contributed by atoms with Crippen LogP contribution in [0.5, 0.6) is 0 Å². The van der Waals surface area contributed by atoms with Crippen LogP contribution in [0, 0.1) is 18.7 Å². The topological polar surface area (TPSA) is 113 Å². The van der Waals surface area contributed by atoms with Crippen LogP contribution in [0.25, 0.3) is 0 Å². The fraction of sp³-hybridized carbons (Fsp3) is 0.458. The summed E-state index contributed by atoms with van der Waals surface area (Å²) in [4.78, 5) is 39.9. The number of carbonyl (C=O) groups excluding carboxylic acids is 3. The van der Waals surface area contributed by atoms with Gasteiger partial charge < -0.3 is 10.6 Å². The molecule has 2 N–H and O–H groups in total. The Morgan fingerprint density at radius 1 is 1.23 bits per heavy atom. The molecule has 1 aromatic heterocycles. The second-order valence-corrected chi connectivity index (χ2v) is 12.3. The highest BCUT2D eigenvalue weighted by atomic mass is 32.2. The van der Waals surface area contributed by atoms with Crippen molar-refractivity contribution < 1.29 is 27.2 Å². The van der Waals surface area contributed by atoms with Gasteiger partial charge in [0.2, 0.25) is 15.9 Å². The van der Waals surface area contributed by atoms with Crippen LogP contribution < -0.4 is 10.6 Å². The summed E-state index contributed by atoms with van der Waals surface area (Å²) in [5, 5.41) is 5.48. The van der Waals surface area contributed by atoms with Crippen LogP contribution in [0.15, 0.2) is 41.3 Å². The van der Waals surface area contributed by atoms with Gasteiger partial charge in [0.1, 0.15) is 11.9 Å². The summed E-state index contributed by atoms with van der Waals surface area (Å²) in [6.45, 7) is 5.37. The number of nitrogens with one attached hydrogen (secondary N) is 2. The molecule has 35 heavy (non-hydrogen) atoms. The van der Waals surface area contributed by atoms with E-state index in [1.807, 2.05) is 26.8 Å². The summed E-state index contributed by atoms with van der Waals surface area (Å²) >= 11 is 1.33. The smallest absolute Gasteiger partial charge is 0.262 e. The SMILES string of the molecule is Cc1ccc(C(=O)NC(CC(C)C)C(=O)N[C@H]2CCCN(S(=O)(=O)c3cccc(F)c3)CC2=O)s1. The Morgan fingerprint density at radius 2 is 1.97 bits per heavy atom. The third-order valence-corrected chi connectivity index (χ3v) is 8.51. The van der Waals surface area contributed by atoms with Crippen LogP contribution in [0.2, 0.25) is 0 Å². The number of benzene rings is 1. The number of nitrogens with zero attached hydrogens (tertiary/aromatic N) is 1. The zero-order valence-electron chi connectivity index (χ0n) is 19.9. The lowest BCUT2D eigenvalue weighted by molar-refractivity contribution is -0.129. The van der Waals surface area contributed by atoms with Gasteiger partial charge in [0.05, 0.1) is 22.4 Å². The van der Waals surface area contributed by atoms with Gasteiger partial charge in [0, 0.05) is 11.4 Å². The lowest BCUT2D eigenvalue weighted by Crippen LogP contribution is -2.52. The number of carbonyl (C=O) groups is 3. The Labute approximate surface area is 209 Å². The van der Waals surface area contributed by atoms with E-state index in [2.05, 4.69) is 10.6 Å². The molecule has 1 aromatic carbocycles. The molecule has 0 aliphatic carbocycles. The van der Waals surface area contributed by atoms with E-state index in [4.69, 9.17) is 0 Å². The maximum Gasteiger partial charge on any atom is 0.262 e. The van der Waals surface area contributed by atoms with Gasteiger partial charge in [-0.1, -0.05) is 19.9 Å².